The highest BCUT2D eigenvalue weighted by molar-refractivity contribution is 5.62. The lowest BCUT2D eigenvalue weighted by atomic mass is 10.2. The lowest BCUT2D eigenvalue weighted by Crippen LogP contribution is -1.96. The van der Waals surface area contributed by atoms with Crippen LogP contribution in [0.2, 0.25) is 0 Å². The number of nitrogens with two attached hydrogens (primary N) is 1. The van der Waals surface area contributed by atoms with Crippen LogP contribution < -0.4 is 5.73 Å². The summed E-state index contributed by atoms with van der Waals surface area (Å²) in [5.41, 5.74) is 9.01. The quantitative estimate of drug-likeness (QED) is 0.768. The van der Waals surface area contributed by atoms with Crippen LogP contribution in [-0.2, 0) is 0 Å². The highest BCUT2D eigenvalue weighted by Crippen LogP contribution is 2.22. The molecule has 0 atom stereocenters. The van der Waals surface area contributed by atoms with E-state index >= 15 is 0 Å². The van der Waals surface area contributed by atoms with Crippen molar-refractivity contribution in [3.63, 3.8) is 0 Å². The van der Waals surface area contributed by atoms with Gasteiger partial charge in [-0.2, -0.15) is 5.26 Å². The van der Waals surface area contributed by atoms with Crippen molar-refractivity contribution in [2.45, 2.75) is 0 Å². The first-order chi connectivity index (χ1) is 9.78. The number of benzene rings is 1. The van der Waals surface area contributed by atoms with Crippen molar-refractivity contribution in [2.24, 2.45) is 0 Å². The maximum absolute atomic E-state index is 8.83. The molecule has 20 heavy (non-hydrogen) atoms. The van der Waals surface area contributed by atoms with E-state index in [4.69, 9.17) is 11.0 Å². The SMILES string of the molecule is N#Cc1ccc(-n2cncc2-c2ccc(N)nc2)cc1. The van der Waals surface area contributed by atoms with Gasteiger partial charge < -0.3 is 5.73 Å². The summed E-state index contributed by atoms with van der Waals surface area (Å²) in [5.74, 6) is 0.484. The number of nitriles is 1. The highest BCUT2D eigenvalue weighted by atomic mass is 15.1. The van der Waals surface area contributed by atoms with Crippen LogP contribution in [0.4, 0.5) is 5.82 Å². The maximum atomic E-state index is 8.83. The zero-order chi connectivity index (χ0) is 13.9. The molecule has 0 aliphatic rings. The van der Waals surface area contributed by atoms with Crippen LogP contribution in [0.1, 0.15) is 5.56 Å². The molecule has 0 bridgehead atoms. The van der Waals surface area contributed by atoms with Crippen LogP contribution >= 0.6 is 0 Å². The van der Waals surface area contributed by atoms with Gasteiger partial charge in [-0.25, -0.2) is 9.97 Å². The summed E-state index contributed by atoms with van der Waals surface area (Å²) in [6, 6.07) is 13.1. The van der Waals surface area contributed by atoms with Crippen molar-refractivity contribution < 1.29 is 0 Å². The van der Waals surface area contributed by atoms with Crippen molar-refractivity contribution in [1.82, 2.24) is 14.5 Å². The summed E-state index contributed by atoms with van der Waals surface area (Å²) in [6.45, 7) is 0. The zero-order valence-corrected chi connectivity index (χ0v) is 10.6. The number of rotatable bonds is 2. The van der Waals surface area contributed by atoms with Gasteiger partial charge in [-0.3, -0.25) is 4.57 Å². The molecule has 0 saturated heterocycles. The van der Waals surface area contributed by atoms with E-state index in [2.05, 4.69) is 16.0 Å². The molecule has 0 unspecified atom stereocenters. The Morgan fingerprint density at radius 2 is 1.85 bits per heavy atom. The summed E-state index contributed by atoms with van der Waals surface area (Å²) in [6.07, 6.45) is 5.21. The summed E-state index contributed by atoms with van der Waals surface area (Å²) < 4.78 is 1.94. The average molecular weight is 261 g/mol. The fourth-order valence-corrected chi connectivity index (χ4v) is 1.97. The number of nitrogen functional groups attached to an aromatic ring is 1. The molecule has 0 fully saturated rings. The zero-order valence-electron chi connectivity index (χ0n) is 10.6. The van der Waals surface area contributed by atoms with Gasteiger partial charge in [0, 0.05) is 17.4 Å². The average Bonchev–Trinajstić information content (AvgIpc) is 2.97. The Bertz CT molecular complexity index is 763. The van der Waals surface area contributed by atoms with Crippen molar-refractivity contribution >= 4 is 5.82 Å². The third-order valence-electron chi connectivity index (χ3n) is 3.00. The standard InChI is InChI=1S/C15H11N5/c16-7-11-1-4-13(5-2-11)20-10-18-9-14(20)12-3-6-15(17)19-8-12/h1-6,8-10H,(H2,17,19). The van der Waals surface area contributed by atoms with Crippen LogP contribution in [0, 0.1) is 11.3 Å². The van der Waals surface area contributed by atoms with Crippen LogP contribution in [0.5, 0.6) is 0 Å². The minimum Gasteiger partial charge on any atom is -0.384 e. The van der Waals surface area contributed by atoms with E-state index in [1.165, 1.54) is 0 Å². The largest absolute Gasteiger partial charge is 0.384 e. The predicted molar refractivity (Wildman–Crippen MR) is 75.9 cm³/mol. The van der Waals surface area contributed by atoms with Gasteiger partial charge in [0.25, 0.3) is 0 Å². The number of nitrogens with zero attached hydrogens (tertiary/aromatic N) is 4. The number of anilines is 1. The summed E-state index contributed by atoms with van der Waals surface area (Å²) >= 11 is 0. The number of hydrogen-bond acceptors (Lipinski definition) is 4. The minimum absolute atomic E-state index is 0.484. The fourth-order valence-electron chi connectivity index (χ4n) is 1.97. The Morgan fingerprint density at radius 1 is 1.05 bits per heavy atom. The second-order valence-corrected chi connectivity index (χ2v) is 4.28. The Morgan fingerprint density at radius 3 is 2.50 bits per heavy atom. The molecule has 0 amide bonds. The first-order valence-corrected chi connectivity index (χ1v) is 6.03. The lowest BCUT2D eigenvalue weighted by Gasteiger charge is -2.08. The molecule has 0 aliphatic heterocycles. The van der Waals surface area contributed by atoms with Gasteiger partial charge >= 0.3 is 0 Å². The lowest BCUT2D eigenvalue weighted by molar-refractivity contribution is 1.06. The molecule has 2 heterocycles. The van der Waals surface area contributed by atoms with E-state index in [0.29, 0.717) is 11.4 Å². The van der Waals surface area contributed by atoms with Gasteiger partial charge in [0.15, 0.2) is 0 Å². The molecular weight excluding hydrogens is 250 g/mol. The second-order valence-electron chi connectivity index (χ2n) is 4.28. The van der Waals surface area contributed by atoms with Crippen molar-refractivity contribution in [3.05, 3.63) is 60.7 Å². The van der Waals surface area contributed by atoms with Gasteiger partial charge in [-0.15, -0.1) is 0 Å². The van der Waals surface area contributed by atoms with Crippen LogP contribution in [0.15, 0.2) is 55.1 Å². The van der Waals surface area contributed by atoms with Gasteiger partial charge in [-0.1, -0.05) is 0 Å². The Balaban J connectivity index is 2.05. The number of pyridine rings is 1. The molecule has 96 valence electrons. The van der Waals surface area contributed by atoms with Crippen molar-refractivity contribution in [3.8, 4) is 23.0 Å². The third kappa shape index (κ3) is 2.10. The number of hydrogen-bond donors (Lipinski definition) is 1. The summed E-state index contributed by atoms with van der Waals surface area (Å²) in [4.78, 5) is 8.27. The molecule has 2 aromatic heterocycles. The monoisotopic (exact) mass is 261 g/mol. The number of imidazole rings is 1. The highest BCUT2D eigenvalue weighted by Gasteiger charge is 2.07. The molecule has 5 nitrogen and oxygen atoms in total. The van der Waals surface area contributed by atoms with E-state index in [1.54, 1.807) is 36.9 Å². The molecule has 0 saturated carbocycles. The maximum Gasteiger partial charge on any atom is 0.123 e. The first-order valence-electron chi connectivity index (χ1n) is 6.03. The topological polar surface area (TPSA) is 80.5 Å². The van der Waals surface area contributed by atoms with Gasteiger partial charge in [0.1, 0.15) is 5.82 Å². The summed E-state index contributed by atoms with van der Waals surface area (Å²) in [5, 5.41) is 8.83. The molecule has 3 rings (SSSR count). The molecule has 0 aliphatic carbocycles. The molecule has 3 aromatic rings. The minimum atomic E-state index is 0.484. The normalized spacial score (nSPS) is 10.2. The molecule has 1 aromatic carbocycles. The van der Waals surface area contributed by atoms with Crippen molar-refractivity contribution in [2.75, 3.05) is 5.73 Å². The fraction of sp³-hybridized carbons (Fsp3) is 0. The van der Waals surface area contributed by atoms with E-state index in [9.17, 15) is 0 Å². The van der Waals surface area contributed by atoms with E-state index < -0.39 is 0 Å². The van der Waals surface area contributed by atoms with Gasteiger partial charge in [0.05, 0.1) is 29.9 Å². The molecular formula is C15H11N5. The van der Waals surface area contributed by atoms with E-state index in [1.807, 2.05) is 22.8 Å². The predicted octanol–water partition coefficient (Wildman–Crippen LogP) is 2.39. The Hall–Kier alpha value is -3.13. The smallest absolute Gasteiger partial charge is 0.123 e. The molecule has 0 radical (unpaired) electrons. The van der Waals surface area contributed by atoms with Gasteiger partial charge in [0.2, 0.25) is 0 Å². The second kappa shape index (κ2) is 4.86. The van der Waals surface area contributed by atoms with Crippen LogP contribution in [-0.4, -0.2) is 14.5 Å². The van der Waals surface area contributed by atoms with Crippen molar-refractivity contribution in [1.29, 1.82) is 5.26 Å². The molecule has 2 N–H and O–H groups in total. The summed E-state index contributed by atoms with van der Waals surface area (Å²) in [7, 11) is 0. The molecule has 5 heteroatoms. The number of aromatic nitrogens is 3. The van der Waals surface area contributed by atoms with E-state index in [0.717, 1.165) is 16.9 Å². The Kier molecular flexibility index (Phi) is 2.90. The Labute approximate surface area is 116 Å². The van der Waals surface area contributed by atoms with Gasteiger partial charge in [-0.05, 0) is 36.4 Å². The van der Waals surface area contributed by atoms with Crippen LogP contribution in [0.25, 0.3) is 16.9 Å². The van der Waals surface area contributed by atoms with Crippen LogP contribution in [0.3, 0.4) is 0 Å². The molecule has 0 spiro atoms. The third-order valence-corrected chi connectivity index (χ3v) is 3.00. The first kappa shape index (κ1) is 11.9. The van der Waals surface area contributed by atoms with E-state index in [-0.39, 0.29) is 0 Å².